The third-order valence-corrected chi connectivity index (χ3v) is 5.19. The number of aromatic nitrogens is 1. The number of amides is 1. The second-order valence-corrected chi connectivity index (χ2v) is 8.89. The fraction of sp³-hybridized carbons (Fsp3) is 0.143. The molecule has 0 aliphatic carbocycles. The van der Waals surface area contributed by atoms with E-state index in [-0.39, 0.29) is 24.4 Å². The standard InChI is InChI=1S/C21H20ClN3O4S/c1-30(28,29)24-19-9-5-3-6-15(19)12-20(26)23-17-10-11-21(27)25(14-17)13-16-7-2-4-8-18(16)22/h2-11,14,24H,12-13H2,1H3,(H,23,26). The first-order valence-corrected chi connectivity index (χ1v) is 11.3. The second-order valence-electron chi connectivity index (χ2n) is 6.73. The zero-order chi connectivity index (χ0) is 21.7. The predicted molar refractivity (Wildman–Crippen MR) is 118 cm³/mol. The summed E-state index contributed by atoms with van der Waals surface area (Å²) in [6.45, 7) is 0.267. The molecule has 9 heteroatoms. The van der Waals surface area contributed by atoms with Gasteiger partial charge in [0, 0.05) is 17.3 Å². The van der Waals surface area contributed by atoms with Crippen molar-refractivity contribution >= 4 is 38.9 Å². The lowest BCUT2D eigenvalue weighted by Crippen LogP contribution is -2.22. The van der Waals surface area contributed by atoms with Crippen LogP contribution < -0.4 is 15.6 Å². The molecular formula is C21H20ClN3O4S. The molecule has 0 saturated carbocycles. The van der Waals surface area contributed by atoms with Gasteiger partial charge in [-0.2, -0.15) is 0 Å². The van der Waals surface area contributed by atoms with E-state index >= 15 is 0 Å². The minimum atomic E-state index is -3.47. The van der Waals surface area contributed by atoms with Gasteiger partial charge in [-0.15, -0.1) is 0 Å². The highest BCUT2D eigenvalue weighted by molar-refractivity contribution is 7.92. The molecule has 3 aromatic rings. The van der Waals surface area contributed by atoms with Gasteiger partial charge in [0.05, 0.1) is 30.6 Å². The smallest absolute Gasteiger partial charge is 0.250 e. The SMILES string of the molecule is CS(=O)(=O)Nc1ccccc1CC(=O)Nc1ccc(=O)n(Cc2ccccc2Cl)c1. The number of halogens is 1. The summed E-state index contributed by atoms with van der Waals surface area (Å²) in [6, 6.07) is 16.8. The molecule has 0 fully saturated rings. The first-order chi connectivity index (χ1) is 14.2. The largest absolute Gasteiger partial charge is 0.324 e. The number of benzene rings is 2. The van der Waals surface area contributed by atoms with Crippen molar-refractivity contribution in [2.45, 2.75) is 13.0 Å². The Morgan fingerprint density at radius 2 is 1.67 bits per heavy atom. The zero-order valence-electron chi connectivity index (χ0n) is 16.1. The molecular weight excluding hydrogens is 426 g/mol. The van der Waals surface area contributed by atoms with Gasteiger partial charge in [0.15, 0.2) is 0 Å². The molecule has 3 rings (SSSR count). The Hall–Kier alpha value is -3.10. The average Bonchev–Trinajstić information content (AvgIpc) is 2.66. The summed E-state index contributed by atoms with van der Waals surface area (Å²) in [5, 5.41) is 3.29. The quantitative estimate of drug-likeness (QED) is 0.584. The van der Waals surface area contributed by atoms with Crippen LogP contribution >= 0.6 is 11.6 Å². The molecule has 1 aromatic heterocycles. The molecule has 30 heavy (non-hydrogen) atoms. The number of nitrogens with zero attached hydrogens (tertiary/aromatic N) is 1. The summed E-state index contributed by atoms with van der Waals surface area (Å²) in [6.07, 6.45) is 2.55. The van der Waals surface area contributed by atoms with Crippen molar-refractivity contribution in [1.29, 1.82) is 0 Å². The topological polar surface area (TPSA) is 97.3 Å². The number of pyridine rings is 1. The van der Waals surface area contributed by atoms with Crippen LogP contribution in [0, 0.1) is 0 Å². The van der Waals surface area contributed by atoms with Crippen LogP contribution in [0.4, 0.5) is 11.4 Å². The van der Waals surface area contributed by atoms with E-state index < -0.39 is 10.0 Å². The van der Waals surface area contributed by atoms with E-state index in [1.54, 1.807) is 36.5 Å². The average molecular weight is 446 g/mol. The number of carbonyl (C=O) groups excluding carboxylic acids is 1. The highest BCUT2D eigenvalue weighted by Gasteiger charge is 2.12. The summed E-state index contributed by atoms with van der Waals surface area (Å²) in [5.41, 5.74) is 1.88. The van der Waals surface area contributed by atoms with E-state index in [2.05, 4.69) is 10.0 Å². The molecule has 1 heterocycles. The summed E-state index contributed by atoms with van der Waals surface area (Å²) in [5.74, 6) is -0.347. The van der Waals surface area contributed by atoms with Gasteiger partial charge in [0.1, 0.15) is 0 Å². The Labute approximate surface area is 179 Å². The van der Waals surface area contributed by atoms with Crippen molar-refractivity contribution in [3.05, 3.63) is 93.4 Å². The Balaban J connectivity index is 1.75. The highest BCUT2D eigenvalue weighted by Crippen LogP contribution is 2.18. The van der Waals surface area contributed by atoms with Crippen molar-refractivity contribution in [1.82, 2.24) is 4.57 Å². The normalized spacial score (nSPS) is 11.1. The summed E-state index contributed by atoms with van der Waals surface area (Å²) < 4.78 is 26.9. The number of hydrogen-bond donors (Lipinski definition) is 2. The molecule has 0 aliphatic rings. The van der Waals surface area contributed by atoms with E-state index in [1.807, 2.05) is 18.2 Å². The number of nitrogens with one attached hydrogen (secondary N) is 2. The van der Waals surface area contributed by atoms with Gasteiger partial charge < -0.3 is 9.88 Å². The number of carbonyl (C=O) groups is 1. The maximum atomic E-state index is 12.5. The molecule has 0 unspecified atom stereocenters. The number of anilines is 2. The molecule has 7 nitrogen and oxygen atoms in total. The van der Waals surface area contributed by atoms with Crippen molar-refractivity contribution in [2.24, 2.45) is 0 Å². The van der Waals surface area contributed by atoms with Crippen LogP contribution in [0.3, 0.4) is 0 Å². The number of hydrogen-bond acceptors (Lipinski definition) is 4. The van der Waals surface area contributed by atoms with Crippen LogP contribution in [0.2, 0.25) is 5.02 Å². The number of para-hydroxylation sites is 1. The van der Waals surface area contributed by atoms with E-state index in [0.29, 0.717) is 22.0 Å². The van der Waals surface area contributed by atoms with Gasteiger partial charge >= 0.3 is 0 Å². The molecule has 0 saturated heterocycles. The van der Waals surface area contributed by atoms with Gasteiger partial charge in [0.2, 0.25) is 15.9 Å². The van der Waals surface area contributed by atoms with Crippen LogP contribution in [-0.2, 0) is 27.8 Å². The monoisotopic (exact) mass is 445 g/mol. The van der Waals surface area contributed by atoms with E-state index in [0.717, 1.165) is 11.8 Å². The van der Waals surface area contributed by atoms with Gasteiger partial charge in [0.25, 0.3) is 5.56 Å². The number of rotatable bonds is 7. The second kappa shape index (κ2) is 9.15. The molecule has 0 bridgehead atoms. The molecule has 0 radical (unpaired) electrons. The van der Waals surface area contributed by atoms with Gasteiger partial charge in [-0.3, -0.25) is 14.3 Å². The van der Waals surface area contributed by atoms with E-state index in [4.69, 9.17) is 11.6 Å². The highest BCUT2D eigenvalue weighted by atomic mass is 35.5. The molecule has 0 aliphatic heterocycles. The lowest BCUT2D eigenvalue weighted by Gasteiger charge is -2.12. The fourth-order valence-corrected chi connectivity index (χ4v) is 3.69. The van der Waals surface area contributed by atoms with Crippen LogP contribution in [0.5, 0.6) is 0 Å². The van der Waals surface area contributed by atoms with Crippen LogP contribution in [-0.4, -0.2) is 25.1 Å². The van der Waals surface area contributed by atoms with Crippen molar-refractivity contribution in [2.75, 3.05) is 16.3 Å². The molecule has 0 spiro atoms. The van der Waals surface area contributed by atoms with Gasteiger partial charge in [-0.25, -0.2) is 8.42 Å². The Morgan fingerprint density at radius 3 is 2.37 bits per heavy atom. The zero-order valence-corrected chi connectivity index (χ0v) is 17.7. The molecule has 1 amide bonds. The molecule has 0 atom stereocenters. The van der Waals surface area contributed by atoms with E-state index in [9.17, 15) is 18.0 Å². The maximum absolute atomic E-state index is 12.5. The first kappa shape index (κ1) is 21.6. The van der Waals surface area contributed by atoms with Crippen LogP contribution in [0.15, 0.2) is 71.7 Å². The van der Waals surface area contributed by atoms with Gasteiger partial charge in [-0.05, 0) is 29.3 Å². The molecule has 2 N–H and O–H groups in total. The van der Waals surface area contributed by atoms with Crippen molar-refractivity contribution < 1.29 is 13.2 Å². The molecule has 156 valence electrons. The predicted octanol–water partition coefficient (Wildman–Crippen LogP) is 3.10. The Bertz CT molecular complexity index is 1240. The van der Waals surface area contributed by atoms with Crippen LogP contribution in [0.1, 0.15) is 11.1 Å². The van der Waals surface area contributed by atoms with Crippen LogP contribution in [0.25, 0.3) is 0 Å². The maximum Gasteiger partial charge on any atom is 0.250 e. The summed E-state index contributed by atoms with van der Waals surface area (Å²) in [4.78, 5) is 24.7. The summed E-state index contributed by atoms with van der Waals surface area (Å²) in [7, 11) is -3.47. The first-order valence-electron chi connectivity index (χ1n) is 9.01. The fourth-order valence-electron chi connectivity index (χ4n) is 2.89. The Kier molecular flexibility index (Phi) is 6.59. The van der Waals surface area contributed by atoms with Crippen molar-refractivity contribution in [3.63, 3.8) is 0 Å². The van der Waals surface area contributed by atoms with E-state index in [1.165, 1.54) is 16.7 Å². The third kappa shape index (κ3) is 5.95. The number of sulfonamides is 1. The summed E-state index contributed by atoms with van der Waals surface area (Å²) >= 11 is 6.17. The minimum absolute atomic E-state index is 0.0394. The van der Waals surface area contributed by atoms with Gasteiger partial charge in [-0.1, -0.05) is 48.0 Å². The lowest BCUT2D eigenvalue weighted by molar-refractivity contribution is -0.115. The van der Waals surface area contributed by atoms with Crippen molar-refractivity contribution in [3.8, 4) is 0 Å². The third-order valence-electron chi connectivity index (χ3n) is 4.23. The lowest BCUT2D eigenvalue weighted by atomic mass is 10.1. The Morgan fingerprint density at radius 1 is 1.00 bits per heavy atom. The minimum Gasteiger partial charge on any atom is -0.324 e. The molecule has 2 aromatic carbocycles.